The average molecular weight is 273 g/mol. The Kier molecular flexibility index (Phi) is 3.93. The topological polar surface area (TPSA) is 63.3 Å². The van der Waals surface area contributed by atoms with Crippen molar-refractivity contribution >= 4 is 5.97 Å². The fraction of sp³-hybridized carbons (Fsp3) is 0.375. The summed E-state index contributed by atoms with van der Waals surface area (Å²) in [6.07, 6.45) is 2.46. The van der Waals surface area contributed by atoms with Crippen LogP contribution < -0.4 is 0 Å². The predicted octanol–water partition coefficient (Wildman–Crippen LogP) is 3.46. The van der Waals surface area contributed by atoms with E-state index in [0.29, 0.717) is 12.2 Å². The third-order valence-electron chi connectivity index (χ3n) is 3.30. The average Bonchev–Trinajstić information content (AvgIpc) is 2.84. The maximum atomic E-state index is 10.9. The molecule has 2 aromatic rings. The predicted molar refractivity (Wildman–Crippen MR) is 76.0 cm³/mol. The van der Waals surface area contributed by atoms with Crippen molar-refractivity contribution in [3.8, 4) is 0 Å². The molecule has 0 amide bonds. The minimum atomic E-state index is -1.04. The summed E-state index contributed by atoms with van der Waals surface area (Å²) in [6, 6.07) is 8.40. The van der Waals surface area contributed by atoms with Crippen LogP contribution in [-0.4, -0.2) is 16.1 Å². The van der Waals surface area contributed by atoms with Gasteiger partial charge in [0, 0.05) is 6.42 Å². The first kappa shape index (κ1) is 14.3. The molecule has 0 atom stereocenters. The Bertz CT molecular complexity index is 591. The van der Waals surface area contributed by atoms with Crippen molar-refractivity contribution in [1.29, 1.82) is 0 Å². The van der Waals surface area contributed by atoms with E-state index in [-0.39, 0.29) is 11.1 Å². The highest BCUT2D eigenvalue weighted by molar-refractivity contribution is 5.86. The zero-order valence-electron chi connectivity index (χ0n) is 12.0. The molecule has 1 aromatic heterocycles. The van der Waals surface area contributed by atoms with Crippen LogP contribution >= 0.6 is 0 Å². The van der Waals surface area contributed by atoms with E-state index >= 15 is 0 Å². The lowest BCUT2D eigenvalue weighted by molar-refractivity contribution is 0.0689. The molecule has 0 aliphatic rings. The Morgan fingerprint density at radius 1 is 1.20 bits per heavy atom. The van der Waals surface area contributed by atoms with Gasteiger partial charge in [-0.2, -0.15) is 0 Å². The number of aromatic nitrogens is 1. The number of oxazole rings is 1. The van der Waals surface area contributed by atoms with Crippen LogP contribution in [0.25, 0.3) is 0 Å². The van der Waals surface area contributed by atoms with E-state index in [1.165, 1.54) is 12.0 Å². The van der Waals surface area contributed by atoms with Crippen LogP contribution in [0.1, 0.15) is 48.1 Å². The number of hydrogen-bond acceptors (Lipinski definition) is 3. The third-order valence-corrected chi connectivity index (χ3v) is 3.30. The Labute approximate surface area is 118 Å². The minimum absolute atomic E-state index is 0.0105. The van der Waals surface area contributed by atoms with Crippen molar-refractivity contribution < 1.29 is 14.3 Å². The molecule has 0 radical (unpaired) electrons. The highest BCUT2D eigenvalue weighted by Gasteiger charge is 2.16. The van der Waals surface area contributed by atoms with Crippen LogP contribution in [0.2, 0.25) is 0 Å². The molecule has 2 rings (SSSR count). The van der Waals surface area contributed by atoms with Gasteiger partial charge in [0.25, 0.3) is 0 Å². The van der Waals surface area contributed by atoms with E-state index in [9.17, 15) is 4.79 Å². The summed E-state index contributed by atoms with van der Waals surface area (Å²) in [5, 5.41) is 8.96. The molecular weight excluding hydrogens is 254 g/mol. The number of carboxylic acid groups (broad SMARTS) is 1. The minimum Gasteiger partial charge on any atom is -0.476 e. The summed E-state index contributed by atoms with van der Waals surface area (Å²) in [4.78, 5) is 14.6. The van der Waals surface area contributed by atoms with Gasteiger partial charge in [0.1, 0.15) is 5.76 Å². The van der Waals surface area contributed by atoms with Gasteiger partial charge in [0.2, 0.25) is 0 Å². The summed E-state index contributed by atoms with van der Waals surface area (Å²) < 4.78 is 5.13. The molecule has 0 unspecified atom stereocenters. The second-order valence-corrected chi connectivity index (χ2v) is 5.88. The number of benzene rings is 1. The molecular formula is C16H19NO3. The number of nitrogens with zero attached hydrogens (tertiary/aromatic N) is 1. The number of carboxylic acids is 1. The molecule has 1 heterocycles. The number of aryl methyl sites for hydroxylation is 2. The van der Waals surface area contributed by atoms with Gasteiger partial charge in [-0.1, -0.05) is 45.0 Å². The highest BCUT2D eigenvalue weighted by atomic mass is 16.4. The molecule has 0 saturated heterocycles. The van der Waals surface area contributed by atoms with Gasteiger partial charge in [-0.25, -0.2) is 9.78 Å². The maximum Gasteiger partial charge on any atom is 0.358 e. The molecule has 0 saturated carbocycles. The van der Waals surface area contributed by atoms with Crippen LogP contribution in [0, 0.1) is 0 Å². The van der Waals surface area contributed by atoms with Crippen LogP contribution in [0.5, 0.6) is 0 Å². The van der Waals surface area contributed by atoms with Gasteiger partial charge in [-0.05, 0) is 23.0 Å². The van der Waals surface area contributed by atoms with Gasteiger partial charge < -0.3 is 9.52 Å². The smallest absolute Gasteiger partial charge is 0.358 e. The zero-order chi connectivity index (χ0) is 14.8. The molecule has 1 aromatic carbocycles. The fourth-order valence-corrected chi connectivity index (χ4v) is 2.05. The Morgan fingerprint density at radius 2 is 1.85 bits per heavy atom. The molecule has 0 bridgehead atoms. The number of carbonyl (C=O) groups is 1. The lowest BCUT2D eigenvalue weighted by Gasteiger charge is -2.19. The van der Waals surface area contributed by atoms with Crippen LogP contribution in [0.15, 0.2) is 35.1 Å². The van der Waals surface area contributed by atoms with Gasteiger partial charge in [-0.15, -0.1) is 0 Å². The summed E-state index contributed by atoms with van der Waals surface area (Å²) in [7, 11) is 0. The lowest BCUT2D eigenvalue weighted by atomic mass is 9.86. The SMILES string of the molecule is CC(C)(C)c1ccc(CCc2ocnc2C(=O)O)cc1. The first-order valence-corrected chi connectivity index (χ1v) is 6.63. The normalized spacial score (nSPS) is 11.6. The van der Waals surface area contributed by atoms with E-state index in [1.54, 1.807) is 0 Å². The number of hydrogen-bond donors (Lipinski definition) is 1. The van der Waals surface area contributed by atoms with E-state index in [2.05, 4.69) is 50.0 Å². The second kappa shape index (κ2) is 5.49. The van der Waals surface area contributed by atoms with E-state index in [1.807, 2.05) is 0 Å². The van der Waals surface area contributed by atoms with Crippen LogP contribution in [-0.2, 0) is 18.3 Å². The first-order valence-electron chi connectivity index (χ1n) is 6.63. The van der Waals surface area contributed by atoms with Crippen LogP contribution in [0.4, 0.5) is 0 Å². The van der Waals surface area contributed by atoms with Gasteiger partial charge in [-0.3, -0.25) is 0 Å². The summed E-state index contributed by atoms with van der Waals surface area (Å²) >= 11 is 0. The maximum absolute atomic E-state index is 10.9. The Morgan fingerprint density at radius 3 is 2.40 bits per heavy atom. The Hall–Kier alpha value is -2.10. The summed E-state index contributed by atoms with van der Waals surface area (Å²) in [5.74, 6) is -0.616. The van der Waals surface area contributed by atoms with E-state index in [4.69, 9.17) is 9.52 Å². The van der Waals surface area contributed by atoms with Crippen molar-refractivity contribution in [1.82, 2.24) is 4.98 Å². The van der Waals surface area contributed by atoms with Crippen molar-refractivity contribution in [3.63, 3.8) is 0 Å². The molecule has 0 aliphatic carbocycles. The summed E-state index contributed by atoms with van der Waals surface area (Å²) in [6.45, 7) is 6.53. The Balaban J connectivity index is 2.04. The molecule has 20 heavy (non-hydrogen) atoms. The third kappa shape index (κ3) is 3.26. The monoisotopic (exact) mass is 273 g/mol. The standard InChI is InChI=1S/C16H19NO3/c1-16(2,3)12-7-4-11(5-8-12)6-9-13-14(15(18)19)17-10-20-13/h4-5,7-8,10H,6,9H2,1-3H3,(H,18,19). The van der Waals surface area contributed by atoms with Gasteiger partial charge >= 0.3 is 5.97 Å². The van der Waals surface area contributed by atoms with Crippen LogP contribution in [0.3, 0.4) is 0 Å². The van der Waals surface area contributed by atoms with E-state index in [0.717, 1.165) is 12.0 Å². The highest BCUT2D eigenvalue weighted by Crippen LogP contribution is 2.22. The molecule has 4 nitrogen and oxygen atoms in total. The first-order chi connectivity index (χ1) is 9.38. The molecule has 0 aliphatic heterocycles. The fourth-order valence-electron chi connectivity index (χ4n) is 2.05. The zero-order valence-corrected chi connectivity index (χ0v) is 12.0. The van der Waals surface area contributed by atoms with Crippen molar-refractivity contribution in [2.45, 2.75) is 39.0 Å². The lowest BCUT2D eigenvalue weighted by Crippen LogP contribution is -2.10. The summed E-state index contributed by atoms with van der Waals surface area (Å²) in [5.41, 5.74) is 2.59. The molecule has 1 N–H and O–H groups in total. The molecule has 0 fully saturated rings. The number of aromatic carboxylic acids is 1. The van der Waals surface area contributed by atoms with E-state index < -0.39 is 5.97 Å². The molecule has 106 valence electrons. The van der Waals surface area contributed by atoms with Crippen molar-refractivity contribution in [3.05, 3.63) is 53.2 Å². The van der Waals surface area contributed by atoms with Gasteiger partial charge in [0.15, 0.2) is 12.1 Å². The molecule has 0 spiro atoms. The molecule has 4 heteroatoms. The van der Waals surface area contributed by atoms with Gasteiger partial charge in [0.05, 0.1) is 0 Å². The van der Waals surface area contributed by atoms with Crippen molar-refractivity contribution in [2.75, 3.05) is 0 Å². The quantitative estimate of drug-likeness (QED) is 0.926. The number of rotatable bonds is 4. The van der Waals surface area contributed by atoms with Crippen molar-refractivity contribution in [2.24, 2.45) is 0 Å². The largest absolute Gasteiger partial charge is 0.476 e. The second-order valence-electron chi connectivity index (χ2n) is 5.88.